The predicted molar refractivity (Wildman–Crippen MR) is 325 cm³/mol. The van der Waals surface area contributed by atoms with Crippen LogP contribution in [0.1, 0.15) is 232 Å². The maximum absolute atomic E-state index is 12.8. The van der Waals surface area contributed by atoms with Gasteiger partial charge in [-0.2, -0.15) is 0 Å². The lowest BCUT2D eigenvalue weighted by molar-refractivity contribution is -0.870. The second-order valence-corrected chi connectivity index (χ2v) is 22.5. The van der Waals surface area contributed by atoms with E-state index >= 15 is 0 Å². The Hall–Kier alpha value is -3.59. The number of ether oxygens (including phenoxy) is 2. The van der Waals surface area contributed by atoms with E-state index in [4.69, 9.17) is 18.5 Å². The number of esters is 2. The van der Waals surface area contributed by atoms with Gasteiger partial charge < -0.3 is 18.9 Å². The highest BCUT2D eigenvalue weighted by Gasteiger charge is 2.27. The first-order valence-corrected chi connectivity index (χ1v) is 31.8. The molecule has 76 heavy (non-hydrogen) atoms. The highest BCUT2D eigenvalue weighted by atomic mass is 31.2. The number of nitrogens with zero attached hydrogens (tertiary/aromatic N) is 1. The number of carbonyl (C=O) groups excluding carboxylic acids is 2. The number of hydrogen-bond donors (Lipinski definition) is 1. The number of hydrogen-bond acceptors (Lipinski definition) is 7. The average molecular weight is 1080 g/mol. The second-order valence-electron chi connectivity index (χ2n) is 21.0. The maximum Gasteiger partial charge on any atom is 0.472 e. The minimum Gasteiger partial charge on any atom is -0.462 e. The molecule has 0 saturated heterocycles. The van der Waals surface area contributed by atoms with Crippen molar-refractivity contribution in [2.75, 3.05) is 47.5 Å². The SMILES string of the molecule is CC/C=C\C/C=C\C/C=C\C/C=C\C/C=C\C/C=C\C/C=C\C/C=C\C/C=C\CCCCCCCC(=O)OC(COC(=O)CCCCCCCCCCC/C=C\CCCCCCCC)COP(=O)(O)OCC[N+](C)(C)C. The summed E-state index contributed by atoms with van der Waals surface area (Å²) in [7, 11) is 1.45. The van der Waals surface area contributed by atoms with Gasteiger partial charge in [-0.1, -0.05) is 232 Å². The van der Waals surface area contributed by atoms with E-state index < -0.39 is 26.5 Å². The number of phosphoric acid groups is 1. The summed E-state index contributed by atoms with van der Waals surface area (Å²) in [5.74, 6) is -0.827. The van der Waals surface area contributed by atoms with Crippen LogP contribution in [-0.2, 0) is 32.7 Å². The predicted octanol–water partition coefficient (Wildman–Crippen LogP) is 19.1. The number of quaternary nitrogens is 1. The van der Waals surface area contributed by atoms with Crippen LogP contribution in [0.4, 0.5) is 0 Å². The van der Waals surface area contributed by atoms with Crippen molar-refractivity contribution in [3.05, 3.63) is 122 Å². The highest BCUT2D eigenvalue weighted by molar-refractivity contribution is 7.47. The molecule has 9 nitrogen and oxygen atoms in total. The monoisotopic (exact) mass is 1080 g/mol. The summed E-state index contributed by atoms with van der Waals surface area (Å²) in [6, 6.07) is 0. The van der Waals surface area contributed by atoms with Crippen molar-refractivity contribution in [3.63, 3.8) is 0 Å². The van der Waals surface area contributed by atoms with Crippen LogP contribution in [0.5, 0.6) is 0 Å². The van der Waals surface area contributed by atoms with Gasteiger partial charge in [0, 0.05) is 12.8 Å². The van der Waals surface area contributed by atoms with Crippen LogP contribution in [0, 0.1) is 0 Å². The Morgan fingerprint density at radius 3 is 1.13 bits per heavy atom. The molecule has 1 N–H and O–H groups in total. The minimum absolute atomic E-state index is 0.0212. The number of unbranched alkanes of at least 4 members (excludes halogenated alkanes) is 20. The number of rotatable bonds is 54. The van der Waals surface area contributed by atoms with E-state index in [-0.39, 0.29) is 32.0 Å². The summed E-state index contributed by atoms with van der Waals surface area (Å²) in [5, 5.41) is 0. The fourth-order valence-corrected chi connectivity index (χ4v) is 8.57. The van der Waals surface area contributed by atoms with Crippen LogP contribution >= 0.6 is 7.82 Å². The summed E-state index contributed by atoms with van der Waals surface area (Å²) in [6.07, 6.45) is 79.8. The van der Waals surface area contributed by atoms with Crippen LogP contribution in [-0.4, -0.2) is 74.9 Å². The Bertz CT molecular complexity index is 1700. The van der Waals surface area contributed by atoms with Crippen LogP contribution in [0.3, 0.4) is 0 Å². The van der Waals surface area contributed by atoms with Crippen molar-refractivity contribution >= 4 is 19.8 Å². The molecule has 0 aromatic rings. The molecule has 0 aromatic heterocycles. The third-order valence-corrected chi connectivity index (χ3v) is 13.5. The molecule has 0 amide bonds. The summed E-state index contributed by atoms with van der Waals surface area (Å²) in [5.41, 5.74) is 0. The third kappa shape index (κ3) is 59.7. The van der Waals surface area contributed by atoms with Crippen molar-refractivity contribution in [1.82, 2.24) is 0 Å². The van der Waals surface area contributed by atoms with Crippen LogP contribution < -0.4 is 0 Å². The maximum atomic E-state index is 12.8. The molecule has 2 atom stereocenters. The van der Waals surface area contributed by atoms with Crippen molar-refractivity contribution in [2.24, 2.45) is 0 Å². The minimum atomic E-state index is -4.40. The number of allylic oxidation sites excluding steroid dienone is 20. The topological polar surface area (TPSA) is 108 Å². The zero-order valence-electron chi connectivity index (χ0n) is 49.2. The Kier molecular flexibility index (Phi) is 53.5. The molecular weight excluding hydrogens is 966 g/mol. The molecule has 2 unspecified atom stereocenters. The van der Waals surface area contributed by atoms with Gasteiger partial charge in [0.1, 0.15) is 19.8 Å². The van der Waals surface area contributed by atoms with E-state index in [1.807, 2.05) is 21.1 Å². The first-order valence-electron chi connectivity index (χ1n) is 30.3. The normalized spacial score (nSPS) is 14.1. The standard InChI is InChI=1S/C66H112NO8P/c1-6-8-10-12-14-16-18-20-22-24-26-27-28-29-30-31-32-33-34-35-36-37-38-39-41-43-45-47-49-51-53-55-57-59-66(69)75-64(63-74-76(70,71)73-61-60-67(3,4)5)62-72-65(68)58-56-54-52-50-48-46-44-42-40-25-23-21-19-17-15-13-11-9-7-2/h8,10,14,16,20-23,26-27,29-30,32-33,35-36,38-39,43,45,64H,6-7,9,11-13,15,17-19,24-25,28,31,34,37,40-42,44,46-63H2,1-5H3/p+1/b10-8-,16-14-,22-20-,23-21-,27-26-,30-29-,33-32-,36-35-,39-38-,45-43-. The molecule has 0 heterocycles. The fraction of sp³-hybridized carbons (Fsp3) is 0.667. The Balaban J connectivity index is 4.23. The molecule has 0 bridgehead atoms. The molecule has 0 rings (SSSR count). The third-order valence-electron chi connectivity index (χ3n) is 12.5. The van der Waals surface area contributed by atoms with Crippen LogP contribution in [0.2, 0.25) is 0 Å². The van der Waals surface area contributed by atoms with Gasteiger partial charge in [0.2, 0.25) is 0 Å². The molecule has 0 saturated carbocycles. The lowest BCUT2D eigenvalue weighted by Gasteiger charge is -2.24. The summed E-state index contributed by atoms with van der Waals surface area (Å²) >= 11 is 0. The van der Waals surface area contributed by atoms with Gasteiger partial charge in [0.25, 0.3) is 0 Å². The molecule has 434 valence electrons. The zero-order chi connectivity index (χ0) is 55.6. The van der Waals surface area contributed by atoms with Crippen molar-refractivity contribution in [3.8, 4) is 0 Å². The first kappa shape index (κ1) is 72.4. The van der Waals surface area contributed by atoms with Gasteiger partial charge in [-0.05, 0) is 109 Å². The quantitative estimate of drug-likeness (QED) is 0.0211. The van der Waals surface area contributed by atoms with Gasteiger partial charge in [0.05, 0.1) is 27.7 Å². The molecule has 10 heteroatoms. The Morgan fingerprint density at radius 1 is 0.421 bits per heavy atom. The van der Waals surface area contributed by atoms with E-state index in [2.05, 4.69) is 135 Å². The molecule has 0 spiro atoms. The largest absolute Gasteiger partial charge is 0.472 e. The first-order chi connectivity index (χ1) is 37.0. The number of phosphoric ester groups is 1. The van der Waals surface area contributed by atoms with E-state index in [1.165, 1.54) is 89.9 Å². The molecule has 0 aliphatic rings. The zero-order valence-corrected chi connectivity index (χ0v) is 50.1. The lowest BCUT2D eigenvalue weighted by atomic mass is 10.1. The lowest BCUT2D eigenvalue weighted by Crippen LogP contribution is -2.37. The fourth-order valence-electron chi connectivity index (χ4n) is 7.83. The molecule has 0 aliphatic carbocycles. The van der Waals surface area contributed by atoms with Gasteiger partial charge in [0.15, 0.2) is 6.10 Å². The van der Waals surface area contributed by atoms with Crippen LogP contribution in [0.15, 0.2) is 122 Å². The molecule has 0 fully saturated rings. The summed E-state index contributed by atoms with van der Waals surface area (Å²) in [4.78, 5) is 35.7. The summed E-state index contributed by atoms with van der Waals surface area (Å²) < 4.78 is 34.6. The smallest absolute Gasteiger partial charge is 0.462 e. The van der Waals surface area contributed by atoms with Crippen molar-refractivity contribution in [1.29, 1.82) is 0 Å². The van der Waals surface area contributed by atoms with Gasteiger partial charge in [-0.15, -0.1) is 0 Å². The molecule has 0 aliphatic heterocycles. The van der Waals surface area contributed by atoms with Crippen molar-refractivity contribution in [2.45, 2.75) is 238 Å². The van der Waals surface area contributed by atoms with Gasteiger partial charge >= 0.3 is 19.8 Å². The molecular formula is C66H113NO8P+. The van der Waals surface area contributed by atoms with E-state index in [0.717, 1.165) is 109 Å². The van der Waals surface area contributed by atoms with Gasteiger partial charge in [-0.3, -0.25) is 18.6 Å². The molecule has 0 aromatic carbocycles. The molecule has 0 radical (unpaired) electrons. The Morgan fingerprint density at radius 2 is 0.750 bits per heavy atom. The van der Waals surface area contributed by atoms with E-state index in [1.54, 1.807) is 0 Å². The Labute approximate surface area is 467 Å². The average Bonchev–Trinajstić information content (AvgIpc) is 3.38. The number of likely N-dealkylation sites (N-methyl/N-ethyl adjacent to an activating group) is 1. The number of carbonyl (C=O) groups is 2. The van der Waals surface area contributed by atoms with Gasteiger partial charge in [-0.25, -0.2) is 4.57 Å². The summed E-state index contributed by atoms with van der Waals surface area (Å²) in [6.45, 7) is 4.28. The van der Waals surface area contributed by atoms with E-state index in [0.29, 0.717) is 17.4 Å². The van der Waals surface area contributed by atoms with E-state index in [9.17, 15) is 19.0 Å². The highest BCUT2D eigenvalue weighted by Crippen LogP contribution is 2.43. The van der Waals surface area contributed by atoms with Crippen molar-refractivity contribution < 1.29 is 42.1 Å². The van der Waals surface area contributed by atoms with Crippen LogP contribution in [0.25, 0.3) is 0 Å². The second kappa shape index (κ2) is 56.1.